The zero-order chi connectivity index (χ0) is 44.8. The first-order valence-electron chi connectivity index (χ1n) is 21.4. The number of allylic oxidation sites excluding steroid dienone is 1. The van der Waals surface area contributed by atoms with E-state index >= 15 is 4.79 Å². The van der Waals surface area contributed by atoms with Crippen LogP contribution in [0.5, 0.6) is 0 Å². The Hall–Kier alpha value is -4.44. The number of esters is 4. The van der Waals surface area contributed by atoms with Crippen LogP contribution in [0.15, 0.2) is 53.1 Å². The molecule has 5 aliphatic rings. The number of aliphatic hydroxyl groups is 3. The van der Waals surface area contributed by atoms with E-state index in [0.717, 1.165) is 19.3 Å². The average molecular weight is 852 g/mol. The normalized spacial score (nSPS) is 34.0. The van der Waals surface area contributed by atoms with E-state index in [1.165, 1.54) is 32.9 Å². The summed E-state index contributed by atoms with van der Waals surface area (Å²) in [6.45, 7) is 12.1. The van der Waals surface area contributed by atoms with Crippen LogP contribution < -0.4 is 5.32 Å². The molecular formula is C46H61NO14. The highest BCUT2D eigenvalue weighted by molar-refractivity contribution is 5.96. The van der Waals surface area contributed by atoms with Crippen molar-refractivity contribution in [2.45, 2.75) is 161 Å². The van der Waals surface area contributed by atoms with E-state index in [0.29, 0.717) is 18.4 Å². The SMILES string of the molecule is CCC(=O)O[C@H]1C(=O)[C@@]2(C)[C@H]([C@H](OC(=O)c3ccccc3)[C@]3(O)C[C@H](OC(=O)[C@H](O)[C@H](C=C(C)C)NC(=O)C4CCCCC4)C(C)=C1C3(C)C)[C@]1(OC(C)=O)CO[C@@H]1C[C@@H]2O. The number of ketones is 1. The third-order valence-electron chi connectivity index (χ3n) is 14.1. The third-order valence-corrected chi connectivity index (χ3v) is 14.1. The van der Waals surface area contributed by atoms with Crippen molar-refractivity contribution < 1.29 is 67.8 Å². The van der Waals surface area contributed by atoms with E-state index in [9.17, 15) is 39.3 Å². The van der Waals surface area contributed by atoms with Crippen molar-refractivity contribution in [2.75, 3.05) is 6.61 Å². The molecular weight excluding hydrogens is 790 g/mol. The Morgan fingerprint density at radius 2 is 1.64 bits per heavy atom. The Morgan fingerprint density at radius 3 is 2.21 bits per heavy atom. The number of carbonyl (C=O) groups is 6. The summed E-state index contributed by atoms with van der Waals surface area (Å²) >= 11 is 0. The molecule has 1 aromatic carbocycles. The molecule has 2 bridgehead atoms. The van der Waals surface area contributed by atoms with Crippen molar-refractivity contribution in [3.63, 3.8) is 0 Å². The second kappa shape index (κ2) is 17.4. The van der Waals surface area contributed by atoms with Gasteiger partial charge in [0, 0.05) is 37.5 Å². The van der Waals surface area contributed by atoms with Crippen LogP contribution in [-0.2, 0) is 47.7 Å². The number of rotatable bonds is 11. The molecule has 0 unspecified atom stereocenters. The van der Waals surface area contributed by atoms with Gasteiger partial charge in [0.25, 0.3) is 0 Å². The molecule has 1 heterocycles. The molecule has 6 rings (SSSR count). The Kier molecular flexibility index (Phi) is 13.1. The van der Waals surface area contributed by atoms with Gasteiger partial charge in [0.05, 0.1) is 35.6 Å². The molecule has 11 atom stereocenters. The molecule has 1 aliphatic heterocycles. The fraction of sp³-hybridized carbons (Fsp3) is 0.652. The van der Waals surface area contributed by atoms with Crippen molar-refractivity contribution >= 4 is 35.6 Å². The highest BCUT2D eigenvalue weighted by Crippen LogP contribution is 2.64. The molecule has 61 heavy (non-hydrogen) atoms. The highest BCUT2D eigenvalue weighted by Gasteiger charge is 2.78. The van der Waals surface area contributed by atoms with Gasteiger partial charge in [0.2, 0.25) is 5.91 Å². The smallest absolute Gasteiger partial charge is 0.338 e. The van der Waals surface area contributed by atoms with Crippen LogP contribution in [-0.4, -0.2) is 111 Å². The Bertz CT molecular complexity index is 1970. The van der Waals surface area contributed by atoms with Gasteiger partial charge in [-0.3, -0.25) is 19.2 Å². The molecule has 334 valence electrons. The number of ether oxygens (including phenoxy) is 5. The van der Waals surface area contributed by atoms with Gasteiger partial charge >= 0.3 is 23.9 Å². The van der Waals surface area contributed by atoms with Crippen LogP contribution in [0.3, 0.4) is 0 Å². The number of fused-ring (bicyclic) bond motifs is 5. The van der Waals surface area contributed by atoms with E-state index in [2.05, 4.69) is 5.32 Å². The summed E-state index contributed by atoms with van der Waals surface area (Å²) in [4.78, 5) is 83.7. The van der Waals surface area contributed by atoms with Gasteiger partial charge in [-0.15, -0.1) is 0 Å². The van der Waals surface area contributed by atoms with E-state index in [-0.39, 0.29) is 48.0 Å². The largest absolute Gasteiger partial charge is 0.456 e. The number of nitrogens with one attached hydrogen (secondary N) is 1. The number of amides is 1. The molecule has 15 nitrogen and oxygen atoms in total. The second-order valence-electron chi connectivity index (χ2n) is 18.5. The van der Waals surface area contributed by atoms with Crippen molar-refractivity contribution in [3.05, 3.63) is 58.7 Å². The average Bonchev–Trinajstić information content (AvgIpc) is 3.21. The molecule has 0 radical (unpaired) electrons. The van der Waals surface area contributed by atoms with Crippen molar-refractivity contribution in [2.24, 2.45) is 22.7 Å². The molecule has 1 saturated heterocycles. The maximum absolute atomic E-state index is 15.6. The van der Waals surface area contributed by atoms with E-state index < -0.39 is 107 Å². The maximum atomic E-state index is 15.6. The van der Waals surface area contributed by atoms with Gasteiger partial charge in [-0.05, 0) is 63.8 Å². The number of Topliss-reactive ketones (excluding diaryl/α,β-unsaturated/α-hetero) is 1. The molecule has 4 N–H and O–H groups in total. The Balaban J connectivity index is 1.52. The minimum absolute atomic E-state index is 0.0351. The summed E-state index contributed by atoms with van der Waals surface area (Å²) < 4.78 is 30.5. The van der Waals surface area contributed by atoms with Crippen molar-refractivity contribution in [1.29, 1.82) is 0 Å². The lowest BCUT2D eigenvalue weighted by Gasteiger charge is -2.67. The molecule has 1 aromatic rings. The molecule has 4 fully saturated rings. The lowest BCUT2D eigenvalue weighted by Crippen LogP contribution is -2.82. The fourth-order valence-electron chi connectivity index (χ4n) is 10.6. The molecule has 0 spiro atoms. The third kappa shape index (κ3) is 8.07. The van der Waals surface area contributed by atoms with E-state index in [4.69, 9.17) is 23.7 Å². The van der Waals surface area contributed by atoms with Crippen LogP contribution in [0, 0.1) is 22.7 Å². The predicted molar refractivity (Wildman–Crippen MR) is 217 cm³/mol. The second-order valence-corrected chi connectivity index (χ2v) is 18.5. The molecule has 0 aromatic heterocycles. The molecule has 15 heteroatoms. The zero-order valence-electron chi connectivity index (χ0n) is 36.4. The topological polar surface area (TPSA) is 221 Å². The summed E-state index contributed by atoms with van der Waals surface area (Å²) in [5.74, 6) is -6.57. The minimum Gasteiger partial charge on any atom is -0.456 e. The monoisotopic (exact) mass is 851 g/mol. The number of benzene rings is 1. The first-order chi connectivity index (χ1) is 28.6. The van der Waals surface area contributed by atoms with Gasteiger partial charge in [-0.1, -0.05) is 69.9 Å². The summed E-state index contributed by atoms with van der Waals surface area (Å²) in [6, 6.07) is 6.72. The first kappa shape index (κ1) is 46.1. The summed E-state index contributed by atoms with van der Waals surface area (Å²) in [5.41, 5.74) is -6.74. The van der Waals surface area contributed by atoms with Gasteiger partial charge < -0.3 is 44.3 Å². The van der Waals surface area contributed by atoms with Gasteiger partial charge in [-0.25, -0.2) is 9.59 Å². The molecule has 3 saturated carbocycles. The standard InChI is InChI=1S/C46H61NO14/c1-9-33(50)59-36-34-25(4)30(58-42(55)35(51)29(20-24(2)3)47-40(53)27-16-12-10-13-17-27)22-46(56,43(34,6)7)39(60-41(54)28-18-14-11-15-19-28)37-44(8,38(36)52)31(49)21-32-45(37,23-57-32)61-26(5)48/h11,14-15,18-20,27,29-32,35-37,39,49,51,56H,9-10,12-13,16-17,21-23H2,1-8H3,(H,47,53)/t29-,30-,31-,32+,35+,36+,37-,39-,44+,45-,46+/m0/s1. The van der Waals surface area contributed by atoms with Gasteiger partial charge in [0.15, 0.2) is 23.6 Å². The van der Waals surface area contributed by atoms with Gasteiger partial charge in [-0.2, -0.15) is 0 Å². The van der Waals surface area contributed by atoms with E-state index in [1.54, 1.807) is 58.9 Å². The van der Waals surface area contributed by atoms with Crippen molar-refractivity contribution in [1.82, 2.24) is 5.32 Å². The number of hydrogen-bond donors (Lipinski definition) is 4. The maximum Gasteiger partial charge on any atom is 0.338 e. The van der Waals surface area contributed by atoms with Crippen LogP contribution in [0.2, 0.25) is 0 Å². The lowest BCUT2D eigenvalue weighted by molar-refractivity contribution is -0.346. The van der Waals surface area contributed by atoms with Gasteiger partial charge in [0.1, 0.15) is 23.9 Å². The Morgan fingerprint density at radius 1 is 0.984 bits per heavy atom. The fourth-order valence-corrected chi connectivity index (χ4v) is 10.6. The predicted octanol–water partition coefficient (Wildman–Crippen LogP) is 3.99. The molecule has 1 amide bonds. The van der Waals surface area contributed by atoms with Crippen LogP contribution >= 0.6 is 0 Å². The quantitative estimate of drug-likeness (QED) is 0.141. The summed E-state index contributed by atoms with van der Waals surface area (Å²) in [5, 5.41) is 40.2. The number of aliphatic hydroxyl groups excluding tert-OH is 2. The van der Waals surface area contributed by atoms with Crippen molar-refractivity contribution in [3.8, 4) is 0 Å². The lowest BCUT2D eigenvalue weighted by atomic mass is 9.44. The van der Waals surface area contributed by atoms with Crippen LogP contribution in [0.25, 0.3) is 0 Å². The van der Waals surface area contributed by atoms with Crippen LogP contribution in [0.1, 0.15) is 117 Å². The summed E-state index contributed by atoms with van der Waals surface area (Å²) in [7, 11) is 0. The first-order valence-corrected chi connectivity index (χ1v) is 21.4. The Labute approximate surface area is 356 Å². The summed E-state index contributed by atoms with van der Waals surface area (Å²) in [6.07, 6.45) is -4.65. The number of carbonyl (C=O) groups excluding carboxylic acids is 6. The highest BCUT2D eigenvalue weighted by atomic mass is 16.6. The van der Waals surface area contributed by atoms with Crippen LogP contribution in [0.4, 0.5) is 0 Å². The number of hydrogen-bond acceptors (Lipinski definition) is 14. The molecule has 4 aliphatic carbocycles. The minimum atomic E-state index is -2.36. The van der Waals surface area contributed by atoms with E-state index in [1.807, 2.05) is 0 Å². The zero-order valence-corrected chi connectivity index (χ0v) is 36.4.